The summed E-state index contributed by atoms with van der Waals surface area (Å²) in [6.45, 7) is 4.74. The van der Waals surface area contributed by atoms with Crippen LogP contribution in [-0.4, -0.2) is 32.3 Å². The summed E-state index contributed by atoms with van der Waals surface area (Å²) in [6, 6.07) is 0. The minimum Gasteiger partial charge on any atom is -0.385 e. The van der Waals surface area contributed by atoms with Crippen molar-refractivity contribution in [3.63, 3.8) is 0 Å². The Morgan fingerprint density at radius 3 is 2.71 bits per heavy atom. The average Bonchev–Trinajstić information content (AvgIpc) is 2.99. The Labute approximate surface area is 87.4 Å². The van der Waals surface area contributed by atoms with Crippen LogP contribution < -0.4 is 11.1 Å². The van der Waals surface area contributed by atoms with Crippen LogP contribution >= 0.6 is 0 Å². The first kappa shape index (κ1) is 12.0. The number of nitrogens with two attached hydrogens (primary N) is 1. The van der Waals surface area contributed by atoms with Gasteiger partial charge in [0.15, 0.2) is 0 Å². The van der Waals surface area contributed by atoms with Crippen LogP contribution in [0.15, 0.2) is 0 Å². The maximum absolute atomic E-state index is 5.76. The molecule has 0 aliphatic heterocycles. The summed E-state index contributed by atoms with van der Waals surface area (Å²) < 4.78 is 5.08. The number of hydrogen-bond donors (Lipinski definition) is 2. The van der Waals surface area contributed by atoms with Gasteiger partial charge in [-0.1, -0.05) is 12.8 Å². The summed E-state index contributed by atoms with van der Waals surface area (Å²) in [5, 5.41) is 3.55. The molecule has 0 saturated heterocycles. The lowest BCUT2D eigenvalue weighted by atomic mass is 9.98. The van der Waals surface area contributed by atoms with Gasteiger partial charge in [0.2, 0.25) is 0 Å². The number of ether oxygens (including phenoxy) is 1. The van der Waals surface area contributed by atoms with E-state index in [4.69, 9.17) is 10.5 Å². The molecule has 0 heterocycles. The zero-order valence-corrected chi connectivity index (χ0v) is 9.51. The van der Waals surface area contributed by atoms with Crippen LogP contribution in [0, 0.1) is 5.92 Å². The maximum Gasteiger partial charge on any atom is 0.0480 e. The Kier molecular flexibility index (Phi) is 4.85. The molecule has 3 N–H and O–H groups in total. The minimum atomic E-state index is 0.0604. The number of methoxy groups -OCH3 is 1. The molecule has 1 aliphatic carbocycles. The van der Waals surface area contributed by atoms with E-state index in [1.165, 1.54) is 19.3 Å². The van der Waals surface area contributed by atoms with Crippen LogP contribution in [-0.2, 0) is 4.74 Å². The fourth-order valence-electron chi connectivity index (χ4n) is 1.57. The van der Waals surface area contributed by atoms with Crippen molar-refractivity contribution in [3.05, 3.63) is 0 Å². The first-order valence-electron chi connectivity index (χ1n) is 5.64. The quantitative estimate of drug-likeness (QED) is 0.617. The molecule has 1 atom stereocenters. The van der Waals surface area contributed by atoms with E-state index >= 15 is 0 Å². The molecule has 1 rings (SSSR count). The number of rotatable bonds is 8. The van der Waals surface area contributed by atoms with Crippen molar-refractivity contribution < 1.29 is 4.74 Å². The molecule has 0 aromatic carbocycles. The predicted octanol–water partition coefficient (Wildman–Crippen LogP) is 1.13. The van der Waals surface area contributed by atoms with Crippen LogP contribution in [0.25, 0.3) is 0 Å². The first-order valence-corrected chi connectivity index (χ1v) is 5.64. The van der Waals surface area contributed by atoms with Crippen molar-refractivity contribution >= 4 is 0 Å². The van der Waals surface area contributed by atoms with Crippen LogP contribution in [0.5, 0.6) is 0 Å². The maximum atomic E-state index is 5.76. The van der Waals surface area contributed by atoms with Crippen molar-refractivity contribution in [1.82, 2.24) is 5.32 Å². The Hall–Kier alpha value is -0.120. The second kappa shape index (κ2) is 5.69. The van der Waals surface area contributed by atoms with Crippen molar-refractivity contribution in [3.8, 4) is 0 Å². The van der Waals surface area contributed by atoms with Gasteiger partial charge in [-0.15, -0.1) is 0 Å². The van der Waals surface area contributed by atoms with Crippen LogP contribution in [0.1, 0.15) is 32.6 Å². The van der Waals surface area contributed by atoms with E-state index in [1.54, 1.807) is 7.11 Å². The molecular weight excluding hydrogens is 176 g/mol. The third-order valence-corrected chi connectivity index (χ3v) is 3.11. The van der Waals surface area contributed by atoms with Gasteiger partial charge in [0.25, 0.3) is 0 Å². The molecule has 0 aromatic rings. The molecule has 84 valence electrons. The second-order valence-electron chi connectivity index (χ2n) is 4.67. The monoisotopic (exact) mass is 200 g/mol. The van der Waals surface area contributed by atoms with Crippen molar-refractivity contribution in [2.24, 2.45) is 11.7 Å². The average molecular weight is 200 g/mol. The molecule has 1 fully saturated rings. The number of hydrogen-bond acceptors (Lipinski definition) is 3. The second-order valence-corrected chi connectivity index (χ2v) is 4.67. The molecule has 3 heteroatoms. The highest BCUT2D eigenvalue weighted by Gasteiger charge is 2.24. The van der Waals surface area contributed by atoms with E-state index in [-0.39, 0.29) is 5.54 Å². The molecule has 1 saturated carbocycles. The fraction of sp³-hybridized carbons (Fsp3) is 1.00. The van der Waals surface area contributed by atoms with Crippen LogP contribution in [0.4, 0.5) is 0 Å². The van der Waals surface area contributed by atoms with Gasteiger partial charge in [-0.2, -0.15) is 0 Å². The minimum absolute atomic E-state index is 0.0604. The third-order valence-electron chi connectivity index (χ3n) is 3.11. The highest BCUT2D eigenvalue weighted by Crippen LogP contribution is 2.31. The normalized spacial score (nSPS) is 20.8. The number of nitrogens with one attached hydrogen (secondary N) is 1. The SMILES string of the molecule is COCCC(C)(CN)NCCC1CC1. The smallest absolute Gasteiger partial charge is 0.0480 e. The summed E-state index contributed by atoms with van der Waals surface area (Å²) >= 11 is 0. The summed E-state index contributed by atoms with van der Waals surface area (Å²) in [7, 11) is 1.74. The van der Waals surface area contributed by atoms with Gasteiger partial charge in [0, 0.05) is 25.8 Å². The van der Waals surface area contributed by atoms with Crippen molar-refractivity contribution in [2.45, 2.75) is 38.1 Å². The van der Waals surface area contributed by atoms with Gasteiger partial charge in [-0.05, 0) is 32.2 Å². The standard InChI is InChI=1S/C11H24N2O/c1-11(9-12,6-8-14-2)13-7-5-10-3-4-10/h10,13H,3-9,12H2,1-2H3. The largest absolute Gasteiger partial charge is 0.385 e. The van der Waals surface area contributed by atoms with Crippen LogP contribution in [0.2, 0.25) is 0 Å². The van der Waals surface area contributed by atoms with Crippen molar-refractivity contribution in [2.75, 3.05) is 26.8 Å². The lowest BCUT2D eigenvalue weighted by molar-refractivity contribution is 0.161. The molecule has 0 amide bonds. The molecule has 0 bridgehead atoms. The molecule has 1 aliphatic rings. The van der Waals surface area contributed by atoms with Gasteiger partial charge in [0.1, 0.15) is 0 Å². The van der Waals surface area contributed by atoms with E-state index in [9.17, 15) is 0 Å². The van der Waals surface area contributed by atoms with Crippen molar-refractivity contribution in [1.29, 1.82) is 0 Å². The van der Waals surface area contributed by atoms with E-state index in [1.807, 2.05) is 0 Å². The molecule has 0 radical (unpaired) electrons. The summed E-state index contributed by atoms with van der Waals surface area (Å²) in [5.74, 6) is 0.993. The van der Waals surface area contributed by atoms with E-state index in [0.717, 1.165) is 25.5 Å². The molecule has 0 spiro atoms. The molecule has 14 heavy (non-hydrogen) atoms. The lowest BCUT2D eigenvalue weighted by Crippen LogP contribution is -2.49. The van der Waals surface area contributed by atoms with E-state index in [2.05, 4.69) is 12.2 Å². The fourth-order valence-corrected chi connectivity index (χ4v) is 1.57. The van der Waals surface area contributed by atoms with Gasteiger partial charge in [-0.3, -0.25) is 0 Å². The highest BCUT2D eigenvalue weighted by molar-refractivity contribution is 4.85. The lowest BCUT2D eigenvalue weighted by Gasteiger charge is -2.29. The topological polar surface area (TPSA) is 47.3 Å². The first-order chi connectivity index (χ1) is 6.70. The molecule has 1 unspecified atom stereocenters. The summed E-state index contributed by atoms with van der Waals surface area (Å²) in [5.41, 5.74) is 5.82. The van der Waals surface area contributed by atoms with Gasteiger partial charge >= 0.3 is 0 Å². The van der Waals surface area contributed by atoms with Crippen LogP contribution in [0.3, 0.4) is 0 Å². The zero-order chi connectivity index (χ0) is 10.4. The summed E-state index contributed by atoms with van der Waals surface area (Å²) in [6.07, 6.45) is 5.16. The Morgan fingerprint density at radius 1 is 1.50 bits per heavy atom. The molecule has 3 nitrogen and oxygen atoms in total. The Balaban J connectivity index is 2.12. The predicted molar refractivity (Wildman–Crippen MR) is 59.3 cm³/mol. The van der Waals surface area contributed by atoms with Gasteiger partial charge < -0.3 is 15.8 Å². The Bertz CT molecular complexity index is 159. The molecular formula is C11H24N2O. The highest BCUT2D eigenvalue weighted by atomic mass is 16.5. The van der Waals surface area contributed by atoms with Gasteiger partial charge in [-0.25, -0.2) is 0 Å². The van der Waals surface area contributed by atoms with Gasteiger partial charge in [0.05, 0.1) is 0 Å². The Morgan fingerprint density at radius 2 is 2.21 bits per heavy atom. The van der Waals surface area contributed by atoms with E-state index in [0.29, 0.717) is 6.54 Å². The molecule has 0 aromatic heterocycles. The summed E-state index contributed by atoms with van der Waals surface area (Å²) in [4.78, 5) is 0. The van der Waals surface area contributed by atoms with E-state index < -0.39 is 0 Å². The zero-order valence-electron chi connectivity index (χ0n) is 9.51. The third kappa shape index (κ3) is 4.40.